The van der Waals surface area contributed by atoms with Gasteiger partial charge in [-0.05, 0) is 19.1 Å². The maximum Gasteiger partial charge on any atom is 0.172 e. The first-order valence-corrected chi connectivity index (χ1v) is 6.80. The first-order valence-electron chi connectivity index (χ1n) is 5.98. The van der Waals surface area contributed by atoms with Gasteiger partial charge in [-0.25, -0.2) is 4.98 Å². The number of pyridine rings is 1. The van der Waals surface area contributed by atoms with E-state index in [1.165, 1.54) is 11.3 Å². The third-order valence-corrected chi connectivity index (χ3v) is 3.99. The molecule has 0 N–H and O–H groups in total. The van der Waals surface area contributed by atoms with E-state index in [4.69, 9.17) is 0 Å². The molecule has 1 aromatic carbocycles. The molecule has 0 aliphatic heterocycles. The average Bonchev–Trinajstić information content (AvgIpc) is 2.80. The van der Waals surface area contributed by atoms with E-state index in [1.807, 2.05) is 37.3 Å². The second kappa shape index (κ2) is 4.55. The van der Waals surface area contributed by atoms with Crippen LogP contribution in [0.1, 0.15) is 21.6 Å². The highest BCUT2D eigenvalue weighted by Gasteiger charge is 2.15. The topological polar surface area (TPSA) is 42.9 Å². The van der Waals surface area contributed by atoms with Crippen LogP contribution in [0.5, 0.6) is 0 Å². The Morgan fingerprint density at radius 3 is 2.84 bits per heavy atom. The van der Waals surface area contributed by atoms with E-state index in [0.29, 0.717) is 4.88 Å². The van der Waals surface area contributed by atoms with Crippen molar-refractivity contribution in [2.45, 2.75) is 13.8 Å². The smallest absolute Gasteiger partial charge is 0.172 e. The van der Waals surface area contributed by atoms with Crippen LogP contribution in [0.2, 0.25) is 0 Å². The molecule has 0 aliphatic carbocycles. The Morgan fingerprint density at radius 2 is 2.05 bits per heavy atom. The summed E-state index contributed by atoms with van der Waals surface area (Å²) in [4.78, 5) is 21.3. The van der Waals surface area contributed by atoms with Crippen LogP contribution < -0.4 is 0 Å². The predicted octanol–water partition coefficient (Wildman–Crippen LogP) is 3.87. The number of para-hydroxylation sites is 1. The number of thiazole rings is 1. The summed E-state index contributed by atoms with van der Waals surface area (Å²) in [6.45, 7) is 3.49. The second-order valence-electron chi connectivity index (χ2n) is 4.38. The third-order valence-electron chi connectivity index (χ3n) is 2.92. The number of ketones is 1. The van der Waals surface area contributed by atoms with Crippen LogP contribution in [0, 0.1) is 6.92 Å². The number of aromatic nitrogens is 2. The molecule has 19 heavy (non-hydrogen) atoms. The molecule has 0 unspecified atom stereocenters. The highest BCUT2D eigenvalue weighted by atomic mass is 32.1. The molecule has 94 valence electrons. The highest BCUT2D eigenvalue weighted by Crippen LogP contribution is 2.29. The fraction of sp³-hybridized carbons (Fsp3) is 0.133. The average molecular weight is 268 g/mol. The van der Waals surface area contributed by atoms with Crippen LogP contribution in [-0.2, 0) is 0 Å². The first kappa shape index (κ1) is 12.0. The number of aryl methyl sites for hydroxylation is 1. The maximum absolute atomic E-state index is 11.7. The van der Waals surface area contributed by atoms with Gasteiger partial charge < -0.3 is 0 Å². The summed E-state index contributed by atoms with van der Waals surface area (Å²) in [5.74, 6) is 0.0498. The summed E-state index contributed by atoms with van der Waals surface area (Å²) in [6, 6.07) is 9.95. The van der Waals surface area contributed by atoms with Gasteiger partial charge in [0.05, 0.1) is 21.1 Å². The van der Waals surface area contributed by atoms with Crippen molar-refractivity contribution in [3.8, 4) is 11.3 Å². The van der Waals surface area contributed by atoms with Gasteiger partial charge in [0.2, 0.25) is 0 Å². The van der Waals surface area contributed by atoms with Crippen molar-refractivity contribution in [2.75, 3.05) is 0 Å². The monoisotopic (exact) mass is 268 g/mol. The Labute approximate surface area is 115 Å². The lowest BCUT2D eigenvalue weighted by atomic mass is 10.1. The first-order chi connectivity index (χ1) is 9.15. The van der Waals surface area contributed by atoms with Crippen molar-refractivity contribution in [3.05, 3.63) is 46.4 Å². The van der Waals surface area contributed by atoms with Gasteiger partial charge in [-0.1, -0.05) is 18.2 Å². The fourth-order valence-electron chi connectivity index (χ4n) is 2.06. The highest BCUT2D eigenvalue weighted by molar-refractivity contribution is 7.14. The molecule has 0 spiro atoms. The predicted molar refractivity (Wildman–Crippen MR) is 77.6 cm³/mol. The summed E-state index contributed by atoms with van der Waals surface area (Å²) >= 11 is 1.43. The minimum Gasteiger partial charge on any atom is -0.294 e. The van der Waals surface area contributed by atoms with E-state index >= 15 is 0 Å². The molecule has 0 atom stereocenters. The van der Waals surface area contributed by atoms with Crippen molar-refractivity contribution in [1.29, 1.82) is 0 Å². The van der Waals surface area contributed by atoms with Crippen molar-refractivity contribution >= 4 is 28.0 Å². The van der Waals surface area contributed by atoms with E-state index in [2.05, 4.69) is 9.97 Å². The van der Waals surface area contributed by atoms with Gasteiger partial charge >= 0.3 is 0 Å². The molecule has 2 aromatic heterocycles. The second-order valence-corrected chi connectivity index (χ2v) is 5.59. The van der Waals surface area contributed by atoms with Gasteiger partial charge in [0.25, 0.3) is 0 Å². The molecule has 3 nitrogen and oxygen atoms in total. The Kier molecular flexibility index (Phi) is 2.87. The normalized spacial score (nSPS) is 10.8. The van der Waals surface area contributed by atoms with E-state index in [9.17, 15) is 4.79 Å². The zero-order chi connectivity index (χ0) is 13.4. The number of hydrogen-bond acceptors (Lipinski definition) is 4. The van der Waals surface area contributed by atoms with Gasteiger partial charge in [-0.15, -0.1) is 11.3 Å². The molecule has 3 rings (SSSR count). The molecule has 0 saturated heterocycles. The van der Waals surface area contributed by atoms with Crippen molar-refractivity contribution in [3.63, 3.8) is 0 Å². The van der Waals surface area contributed by atoms with Crippen LogP contribution in [0.25, 0.3) is 22.2 Å². The lowest BCUT2D eigenvalue weighted by Crippen LogP contribution is -1.92. The third kappa shape index (κ3) is 2.15. The number of benzene rings is 1. The van der Waals surface area contributed by atoms with Crippen molar-refractivity contribution in [2.24, 2.45) is 0 Å². The van der Waals surface area contributed by atoms with Gasteiger partial charge in [0.15, 0.2) is 5.78 Å². The van der Waals surface area contributed by atoms with Crippen molar-refractivity contribution in [1.82, 2.24) is 9.97 Å². The number of carbonyl (C=O) groups excluding carboxylic acids is 1. The molecule has 4 heteroatoms. The standard InChI is InChI=1S/C15H12N2OS/c1-9(18)15-14(17-10(2)19-15)12-7-11-5-3-4-6-13(11)16-8-12/h3-8H,1-2H3. The molecule has 3 aromatic rings. The molecule has 0 aliphatic rings. The zero-order valence-corrected chi connectivity index (χ0v) is 11.5. The van der Waals surface area contributed by atoms with E-state index in [-0.39, 0.29) is 5.78 Å². The van der Waals surface area contributed by atoms with Gasteiger partial charge in [-0.2, -0.15) is 0 Å². The molecule has 0 amide bonds. The summed E-state index contributed by atoms with van der Waals surface area (Å²) in [6.07, 6.45) is 1.78. The zero-order valence-electron chi connectivity index (χ0n) is 10.7. The van der Waals surface area contributed by atoms with Crippen LogP contribution >= 0.6 is 11.3 Å². The molecule has 0 radical (unpaired) electrons. The molecule has 0 fully saturated rings. The van der Waals surface area contributed by atoms with Gasteiger partial charge in [-0.3, -0.25) is 9.78 Å². The number of carbonyl (C=O) groups is 1. The largest absolute Gasteiger partial charge is 0.294 e. The van der Waals surface area contributed by atoms with Crippen LogP contribution in [0.3, 0.4) is 0 Å². The Balaban J connectivity index is 2.21. The van der Waals surface area contributed by atoms with Crippen LogP contribution in [-0.4, -0.2) is 15.8 Å². The van der Waals surface area contributed by atoms with E-state index in [0.717, 1.165) is 27.2 Å². The van der Waals surface area contributed by atoms with E-state index in [1.54, 1.807) is 13.1 Å². The molecular formula is C15H12N2OS. The minimum absolute atomic E-state index is 0.0498. The number of hydrogen-bond donors (Lipinski definition) is 0. The SMILES string of the molecule is CC(=O)c1sc(C)nc1-c1cnc2ccccc2c1. The molecule has 0 bridgehead atoms. The van der Waals surface area contributed by atoms with Gasteiger partial charge in [0, 0.05) is 24.1 Å². The summed E-state index contributed by atoms with van der Waals surface area (Å²) in [5, 5.41) is 1.95. The lowest BCUT2D eigenvalue weighted by molar-refractivity contribution is 0.102. The Hall–Kier alpha value is -2.07. The molecule has 2 heterocycles. The van der Waals surface area contributed by atoms with E-state index < -0.39 is 0 Å². The number of nitrogens with zero attached hydrogens (tertiary/aromatic N) is 2. The number of rotatable bonds is 2. The lowest BCUT2D eigenvalue weighted by Gasteiger charge is -2.02. The Morgan fingerprint density at radius 1 is 1.26 bits per heavy atom. The minimum atomic E-state index is 0.0498. The van der Waals surface area contributed by atoms with Gasteiger partial charge in [0.1, 0.15) is 0 Å². The number of fused-ring (bicyclic) bond motifs is 1. The van der Waals surface area contributed by atoms with Crippen LogP contribution in [0.15, 0.2) is 36.5 Å². The quantitative estimate of drug-likeness (QED) is 0.663. The summed E-state index contributed by atoms with van der Waals surface area (Å²) in [7, 11) is 0. The fourth-order valence-corrected chi connectivity index (χ4v) is 2.90. The summed E-state index contributed by atoms with van der Waals surface area (Å²) < 4.78 is 0. The molecular weight excluding hydrogens is 256 g/mol. The number of Topliss-reactive ketones (excluding diaryl/α,β-unsaturated/α-hetero) is 1. The Bertz CT molecular complexity index is 777. The van der Waals surface area contributed by atoms with Crippen LogP contribution in [0.4, 0.5) is 0 Å². The summed E-state index contributed by atoms with van der Waals surface area (Å²) in [5.41, 5.74) is 2.59. The van der Waals surface area contributed by atoms with Crippen molar-refractivity contribution < 1.29 is 4.79 Å². The molecule has 0 saturated carbocycles. The maximum atomic E-state index is 11.7.